The van der Waals surface area contributed by atoms with Crippen LogP contribution in [0.2, 0.25) is 0 Å². The van der Waals surface area contributed by atoms with Crippen molar-refractivity contribution >= 4 is 29.6 Å². The number of hydrogen-bond acceptors (Lipinski definition) is 9. The lowest BCUT2D eigenvalue weighted by Crippen LogP contribution is -2.60. The SMILES string of the molecule is CC(C)[C@H](NC(=O)[C@H](Cc1cnc[nH]1)NC(=O)[C@@H](N)Cc1ccc(O)cc1)C(=O)N[C@@H](Cc1ccc(O)cc1)C(=O)N[C@@H](Cc1ccccc1)C(=O)O. The molecule has 1 aromatic heterocycles. The van der Waals surface area contributed by atoms with Gasteiger partial charge in [-0.3, -0.25) is 19.2 Å². The highest BCUT2D eigenvalue weighted by atomic mass is 16.4. The Morgan fingerprint density at radius 1 is 0.642 bits per heavy atom. The minimum absolute atomic E-state index is 0.00545. The number of carbonyl (C=O) groups excluding carboxylic acids is 4. The van der Waals surface area contributed by atoms with E-state index in [0.29, 0.717) is 22.4 Å². The van der Waals surface area contributed by atoms with Crippen LogP contribution < -0.4 is 27.0 Å². The number of nitrogens with zero attached hydrogens (tertiary/aromatic N) is 1. The molecule has 3 aromatic carbocycles. The number of benzene rings is 3. The molecule has 53 heavy (non-hydrogen) atoms. The summed E-state index contributed by atoms with van der Waals surface area (Å²) in [6, 6.07) is 14.9. The molecule has 1 heterocycles. The highest BCUT2D eigenvalue weighted by Gasteiger charge is 2.33. The number of aromatic amines is 1. The number of phenols is 2. The number of amides is 4. The number of aliphatic carboxylic acids is 1. The van der Waals surface area contributed by atoms with Crippen LogP contribution in [0.5, 0.6) is 11.5 Å². The maximum atomic E-state index is 13.9. The largest absolute Gasteiger partial charge is 0.508 e. The first-order valence-corrected chi connectivity index (χ1v) is 17.1. The fraction of sp³-hybridized carbons (Fsp3) is 0.316. The maximum Gasteiger partial charge on any atom is 0.326 e. The van der Waals surface area contributed by atoms with Gasteiger partial charge in [0.15, 0.2) is 0 Å². The van der Waals surface area contributed by atoms with Gasteiger partial charge in [-0.2, -0.15) is 0 Å². The summed E-state index contributed by atoms with van der Waals surface area (Å²) < 4.78 is 0. The fourth-order valence-electron chi connectivity index (χ4n) is 5.53. The molecule has 0 spiro atoms. The van der Waals surface area contributed by atoms with E-state index in [0.717, 1.165) is 0 Å². The van der Waals surface area contributed by atoms with E-state index in [9.17, 15) is 39.3 Å². The summed E-state index contributed by atoms with van der Waals surface area (Å²) in [6.45, 7) is 3.38. The van der Waals surface area contributed by atoms with Gasteiger partial charge in [0.25, 0.3) is 0 Å². The summed E-state index contributed by atoms with van der Waals surface area (Å²) in [5.74, 6) is -4.53. The van der Waals surface area contributed by atoms with E-state index in [1.807, 2.05) is 0 Å². The number of phenolic OH excluding ortho intramolecular Hbond substituents is 2. The molecule has 0 bridgehead atoms. The van der Waals surface area contributed by atoms with Crippen molar-refractivity contribution in [1.82, 2.24) is 31.2 Å². The zero-order valence-electron chi connectivity index (χ0n) is 29.4. The van der Waals surface area contributed by atoms with Gasteiger partial charge < -0.3 is 47.3 Å². The highest BCUT2D eigenvalue weighted by molar-refractivity contribution is 5.95. The third-order valence-electron chi connectivity index (χ3n) is 8.49. The molecule has 10 N–H and O–H groups in total. The van der Waals surface area contributed by atoms with Crippen LogP contribution in [0, 0.1) is 5.92 Å². The van der Waals surface area contributed by atoms with E-state index < -0.39 is 65.7 Å². The monoisotopic (exact) mass is 727 g/mol. The van der Waals surface area contributed by atoms with Crippen LogP contribution in [0.4, 0.5) is 0 Å². The molecule has 0 aliphatic rings. The number of imidazole rings is 1. The van der Waals surface area contributed by atoms with E-state index >= 15 is 0 Å². The number of carbonyl (C=O) groups is 5. The average molecular weight is 728 g/mol. The van der Waals surface area contributed by atoms with Crippen molar-refractivity contribution in [2.45, 2.75) is 69.7 Å². The third kappa shape index (κ3) is 12.2. The molecule has 0 saturated heterocycles. The van der Waals surface area contributed by atoms with Crippen molar-refractivity contribution in [1.29, 1.82) is 0 Å². The minimum atomic E-state index is -1.31. The van der Waals surface area contributed by atoms with Crippen LogP contribution in [0.1, 0.15) is 36.2 Å². The van der Waals surface area contributed by atoms with E-state index in [1.165, 1.54) is 36.8 Å². The van der Waals surface area contributed by atoms with Crippen molar-refractivity contribution < 1.29 is 39.3 Å². The second-order valence-electron chi connectivity index (χ2n) is 13.1. The number of carboxylic acid groups (broad SMARTS) is 1. The van der Waals surface area contributed by atoms with E-state index in [2.05, 4.69) is 31.2 Å². The maximum absolute atomic E-state index is 13.9. The van der Waals surface area contributed by atoms with Crippen LogP contribution in [-0.4, -0.2) is 85.1 Å². The summed E-state index contributed by atoms with van der Waals surface area (Å²) in [6.07, 6.45) is 2.95. The second-order valence-corrected chi connectivity index (χ2v) is 13.1. The van der Waals surface area contributed by atoms with Gasteiger partial charge in [0, 0.05) is 31.2 Å². The standard InChI is InChI=1S/C38H45N7O8/c1-22(2)33(45-36(50)31(19-26-20-40-21-41-26)42-34(48)29(39)16-24-8-12-27(46)13-9-24)37(51)43-30(17-25-10-14-28(47)15-11-25)35(49)44-32(38(52)53)18-23-6-4-3-5-7-23/h3-15,20-22,29-33,46-47H,16-19,39H2,1-2H3,(H,40,41)(H,42,48)(H,43,51)(H,44,49)(H,45,50)(H,52,53)/t29-,30-,31-,32-,33-/m0/s1. The number of H-pyrrole nitrogens is 1. The number of hydrogen-bond donors (Lipinski definition) is 9. The first-order chi connectivity index (χ1) is 25.3. The van der Waals surface area contributed by atoms with Crippen LogP contribution in [0.3, 0.4) is 0 Å². The predicted octanol–water partition coefficient (Wildman–Crippen LogP) is 1.10. The Bertz CT molecular complexity index is 1820. The lowest BCUT2D eigenvalue weighted by molar-refractivity contribution is -0.142. The molecule has 4 aromatic rings. The molecule has 0 saturated carbocycles. The molecule has 0 fully saturated rings. The highest BCUT2D eigenvalue weighted by Crippen LogP contribution is 2.14. The molecular weight excluding hydrogens is 682 g/mol. The lowest BCUT2D eigenvalue weighted by atomic mass is 9.99. The van der Waals surface area contributed by atoms with Crippen molar-refractivity contribution in [2.24, 2.45) is 11.7 Å². The van der Waals surface area contributed by atoms with Crippen molar-refractivity contribution in [3.8, 4) is 11.5 Å². The molecule has 0 aliphatic carbocycles. The first-order valence-electron chi connectivity index (χ1n) is 17.1. The minimum Gasteiger partial charge on any atom is -0.508 e. The van der Waals surface area contributed by atoms with Crippen LogP contribution in [-0.2, 0) is 49.7 Å². The van der Waals surface area contributed by atoms with Crippen LogP contribution in [0.15, 0.2) is 91.4 Å². The van der Waals surface area contributed by atoms with Crippen LogP contribution in [0.25, 0.3) is 0 Å². The van der Waals surface area contributed by atoms with Gasteiger partial charge in [-0.05, 0) is 53.3 Å². The normalized spacial score (nSPS) is 13.9. The van der Waals surface area contributed by atoms with Crippen molar-refractivity contribution in [3.63, 3.8) is 0 Å². The number of carboxylic acids is 1. The topological polar surface area (TPSA) is 249 Å². The van der Waals surface area contributed by atoms with Crippen molar-refractivity contribution in [2.75, 3.05) is 0 Å². The van der Waals surface area contributed by atoms with Gasteiger partial charge in [-0.1, -0.05) is 68.4 Å². The van der Waals surface area contributed by atoms with Crippen LogP contribution >= 0.6 is 0 Å². The Balaban J connectivity index is 1.51. The smallest absolute Gasteiger partial charge is 0.326 e. The molecule has 4 amide bonds. The zero-order chi connectivity index (χ0) is 38.5. The van der Waals surface area contributed by atoms with Gasteiger partial charge in [0.1, 0.15) is 35.7 Å². The quantitative estimate of drug-likeness (QED) is 0.0706. The van der Waals surface area contributed by atoms with Gasteiger partial charge in [0.05, 0.1) is 12.4 Å². The van der Waals surface area contributed by atoms with E-state index in [1.54, 1.807) is 68.4 Å². The summed E-state index contributed by atoms with van der Waals surface area (Å²) in [5.41, 5.74) is 8.64. The second kappa shape index (κ2) is 18.9. The molecule has 15 nitrogen and oxygen atoms in total. The van der Waals surface area contributed by atoms with Crippen molar-refractivity contribution in [3.05, 3.63) is 114 Å². The lowest BCUT2D eigenvalue weighted by Gasteiger charge is -2.28. The molecule has 0 radical (unpaired) electrons. The molecule has 280 valence electrons. The fourth-order valence-corrected chi connectivity index (χ4v) is 5.53. The Labute approximate surface area is 306 Å². The van der Waals surface area contributed by atoms with Gasteiger partial charge in [-0.25, -0.2) is 9.78 Å². The average Bonchev–Trinajstić information content (AvgIpc) is 3.64. The summed E-state index contributed by atoms with van der Waals surface area (Å²) >= 11 is 0. The molecule has 0 aliphatic heterocycles. The predicted molar refractivity (Wildman–Crippen MR) is 194 cm³/mol. The molecule has 15 heteroatoms. The number of nitrogens with two attached hydrogens (primary N) is 1. The Kier molecular flexibility index (Phi) is 14.1. The Hall–Kier alpha value is -6.22. The first kappa shape index (κ1) is 39.6. The summed E-state index contributed by atoms with van der Waals surface area (Å²) in [5, 5.41) is 39.9. The summed E-state index contributed by atoms with van der Waals surface area (Å²) in [7, 11) is 0. The number of aromatic nitrogens is 2. The van der Waals surface area contributed by atoms with E-state index in [4.69, 9.17) is 5.73 Å². The molecule has 4 rings (SSSR count). The Morgan fingerprint density at radius 3 is 1.68 bits per heavy atom. The molecular formula is C38H45N7O8. The number of nitrogens with one attached hydrogen (secondary N) is 5. The van der Waals surface area contributed by atoms with E-state index in [-0.39, 0.29) is 37.2 Å². The van der Waals surface area contributed by atoms with Gasteiger partial charge in [0.2, 0.25) is 23.6 Å². The summed E-state index contributed by atoms with van der Waals surface area (Å²) in [4.78, 5) is 73.6. The van der Waals surface area contributed by atoms with Gasteiger partial charge in [-0.15, -0.1) is 0 Å². The molecule has 0 unspecified atom stereocenters. The third-order valence-corrected chi connectivity index (χ3v) is 8.49. The number of aromatic hydroxyl groups is 2. The zero-order valence-corrected chi connectivity index (χ0v) is 29.4. The number of rotatable bonds is 18. The Morgan fingerprint density at radius 2 is 1.13 bits per heavy atom. The van der Waals surface area contributed by atoms with Gasteiger partial charge >= 0.3 is 5.97 Å². The molecule has 5 atom stereocenters.